The molecule has 36 heavy (non-hydrogen) atoms. The number of hydrogen-bond donors (Lipinski definition) is 4. The van der Waals surface area contributed by atoms with Crippen LogP contribution in [0.15, 0.2) is 11.6 Å². The lowest BCUT2D eigenvalue weighted by Crippen LogP contribution is -2.63. The number of aliphatic hydroxyl groups excluding tert-OH is 1. The maximum absolute atomic E-state index is 12.6. The Morgan fingerprint density at radius 2 is 1.92 bits per heavy atom. The van der Waals surface area contributed by atoms with Gasteiger partial charge in [-0.1, -0.05) is 33.8 Å². The van der Waals surface area contributed by atoms with Gasteiger partial charge in [-0.3, -0.25) is 9.35 Å². The first-order valence-electron chi connectivity index (χ1n) is 13.4. The Balaban J connectivity index is 1.62. The molecule has 0 radical (unpaired) electrons. The third kappa shape index (κ3) is 4.73. The van der Waals surface area contributed by atoms with Crippen LogP contribution in [0.1, 0.15) is 92.4 Å². The highest BCUT2D eigenvalue weighted by atomic mass is 32.3. The fourth-order valence-corrected chi connectivity index (χ4v) is 9.50. The van der Waals surface area contributed by atoms with Crippen LogP contribution in [0.5, 0.6) is 0 Å². The molecule has 0 aromatic rings. The Hall–Kier alpha value is -0.840. The van der Waals surface area contributed by atoms with Gasteiger partial charge in [0, 0.05) is 19.3 Å². The predicted molar refractivity (Wildman–Crippen MR) is 134 cm³/mol. The molecule has 0 spiro atoms. The van der Waals surface area contributed by atoms with Gasteiger partial charge in [0.15, 0.2) is 0 Å². The van der Waals surface area contributed by atoms with Gasteiger partial charge < -0.3 is 15.3 Å². The summed E-state index contributed by atoms with van der Waals surface area (Å²) >= 11 is 0. The lowest BCUT2D eigenvalue weighted by molar-refractivity contribution is -0.163. The van der Waals surface area contributed by atoms with Crippen molar-refractivity contribution in [1.82, 2.24) is 0 Å². The molecule has 0 heterocycles. The largest absolute Gasteiger partial charge is 0.397 e. The van der Waals surface area contributed by atoms with Crippen LogP contribution in [-0.4, -0.2) is 57.5 Å². The molecular formula is C27H44O8S. The lowest BCUT2D eigenvalue weighted by Gasteiger charge is -2.62. The van der Waals surface area contributed by atoms with Gasteiger partial charge in [-0.15, -0.1) is 0 Å². The molecule has 206 valence electrons. The Morgan fingerprint density at radius 3 is 2.53 bits per heavy atom. The first-order chi connectivity index (χ1) is 16.4. The Kier molecular flexibility index (Phi) is 7.14. The van der Waals surface area contributed by atoms with Gasteiger partial charge in [-0.05, 0) is 85.5 Å². The van der Waals surface area contributed by atoms with Crippen LogP contribution in [0, 0.1) is 34.5 Å². The van der Waals surface area contributed by atoms with Gasteiger partial charge in [0.1, 0.15) is 5.78 Å². The van der Waals surface area contributed by atoms with Crippen molar-refractivity contribution in [3.8, 4) is 0 Å². The number of ketones is 1. The van der Waals surface area contributed by atoms with Crippen molar-refractivity contribution in [2.75, 3.05) is 0 Å². The van der Waals surface area contributed by atoms with Crippen LogP contribution in [0.3, 0.4) is 0 Å². The molecule has 3 saturated carbocycles. The van der Waals surface area contributed by atoms with E-state index in [0.29, 0.717) is 38.5 Å². The summed E-state index contributed by atoms with van der Waals surface area (Å²) in [6, 6.07) is 0. The summed E-state index contributed by atoms with van der Waals surface area (Å²) < 4.78 is 36.5. The van der Waals surface area contributed by atoms with Gasteiger partial charge in [0.2, 0.25) is 0 Å². The van der Waals surface area contributed by atoms with Crippen molar-refractivity contribution < 1.29 is 37.3 Å². The van der Waals surface area contributed by atoms with Crippen molar-refractivity contribution in [2.45, 2.75) is 116 Å². The van der Waals surface area contributed by atoms with Crippen molar-refractivity contribution in [2.24, 2.45) is 34.5 Å². The Labute approximate surface area is 215 Å². The Bertz CT molecular complexity index is 1020. The third-order valence-electron chi connectivity index (χ3n) is 10.2. The molecule has 9 heteroatoms. The fourth-order valence-electron chi connectivity index (χ4n) is 8.99. The number of aliphatic hydroxyl groups is 3. The third-order valence-corrected chi connectivity index (χ3v) is 10.8. The van der Waals surface area contributed by atoms with Gasteiger partial charge in [0.05, 0.1) is 23.4 Å². The van der Waals surface area contributed by atoms with Crippen molar-refractivity contribution in [3.63, 3.8) is 0 Å². The molecule has 0 aromatic carbocycles. The smallest absolute Gasteiger partial charge is 0.393 e. The molecule has 0 aromatic heterocycles. The number of carbonyl (C=O) groups excluding carboxylic acids is 1. The number of carbonyl (C=O) groups is 1. The monoisotopic (exact) mass is 528 g/mol. The summed E-state index contributed by atoms with van der Waals surface area (Å²) in [5.74, 6) is -0.338. The zero-order chi connectivity index (χ0) is 26.9. The molecule has 4 aliphatic carbocycles. The van der Waals surface area contributed by atoms with Gasteiger partial charge in [-0.2, -0.15) is 8.42 Å². The summed E-state index contributed by atoms with van der Waals surface area (Å²) in [5.41, 5.74) is -2.45. The zero-order valence-corrected chi connectivity index (χ0v) is 23.1. The normalized spacial score (nSPS) is 44.3. The number of fused-ring (bicyclic) bond motifs is 5. The predicted octanol–water partition coefficient (Wildman–Crippen LogP) is 3.60. The average Bonchev–Trinajstić information content (AvgIpc) is 3.06. The van der Waals surface area contributed by atoms with E-state index in [9.17, 15) is 28.5 Å². The molecular weight excluding hydrogens is 484 g/mol. The first kappa shape index (κ1) is 28.2. The van der Waals surface area contributed by atoms with Crippen LogP contribution in [0.25, 0.3) is 0 Å². The SMILES string of the molecule is CC(C)CC(=O)CC(C)(O)C1CCC2C3(O)CC(O)C4CC(OS(=O)(=O)O)CCC4(C)C3=CCC12C. The molecule has 8 nitrogen and oxygen atoms in total. The minimum atomic E-state index is -4.58. The average molecular weight is 529 g/mol. The van der Waals surface area contributed by atoms with Crippen LogP contribution >= 0.6 is 0 Å². The molecule has 4 aliphatic rings. The number of Topliss-reactive ketones (excluding diaryl/α,β-unsaturated/α-hetero) is 1. The maximum atomic E-state index is 12.6. The first-order valence-corrected chi connectivity index (χ1v) is 14.8. The molecule has 3 fully saturated rings. The summed E-state index contributed by atoms with van der Waals surface area (Å²) in [6.45, 7) is 9.90. The van der Waals surface area contributed by atoms with Crippen LogP contribution in [0.2, 0.25) is 0 Å². The lowest BCUT2D eigenvalue weighted by atomic mass is 9.45. The minimum absolute atomic E-state index is 0.0557. The molecule has 0 bridgehead atoms. The second-order valence-corrected chi connectivity index (χ2v) is 14.4. The highest BCUT2D eigenvalue weighted by Crippen LogP contribution is 2.68. The summed E-state index contributed by atoms with van der Waals surface area (Å²) in [5, 5.41) is 35.1. The molecule has 0 amide bonds. The summed E-state index contributed by atoms with van der Waals surface area (Å²) in [4.78, 5) is 12.6. The van der Waals surface area contributed by atoms with E-state index in [0.717, 1.165) is 5.57 Å². The quantitative estimate of drug-likeness (QED) is 0.290. The standard InChI is InChI=1S/C27H44O8S/c1-16(2)12-17(28)14-26(5,30)21-6-7-22-25(21,4)11-9-23-24(3)10-8-18(35-36(32,33)34)13-19(24)20(29)15-27(22,23)31/h9,16,18-22,29-31H,6-8,10-15H2,1-5H3,(H,32,33,34). The van der Waals surface area contributed by atoms with Crippen LogP contribution in [0.4, 0.5) is 0 Å². The topological polar surface area (TPSA) is 141 Å². The summed E-state index contributed by atoms with van der Waals surface area (Å²) in [6.07, 6.45) is 4.47. The van der Waals surface area contributed by atoms with E-state index in [1.807, 2.05) is 20.8 Å². The van der Waals surface area contributed by atoms with E-state index < -0.39 is 44.6 Å². The fraction of sp³-hybridized carbons (Fsp3) is 0.889. The Morgan fingerprint density at radius 1 is 1.25 bits per heavy atom. The van der Waals surface area contributed by atoms with E-state index >= 15 is 0 Å². The van der Waals surface area contributed by atoms with E-state index in [-0.39, 0.29) is 48.7 Å². The van der Waals surface area contributed by atoms with Gasteiger partial charge in [-0.25, -0.2) is 4.18 Å². The number of rotatable bonds is 7. The second kappa shape index (κ2) is 9.12. The van der Waals surface area contributed by atoms with Crippen LogP contribution in [-0.2, 0) is 19.4 Å². The highest BCUT2D eigenvalue weighted by Gasteiger charge is 2.67. The van der Waals surface area contributed by atoms with Crippen molar-refractivity contribution in [3.05, 3.63) is 11.6 Å². The maximum Gasteiger partial charge on any atom is 0.397 e. The second-order valence-electron chi connectivity index (χ2n) is 13.3. The van der Waals surface area contributed by atoms with E-state index in [2.05, 4.69) is 13.0 Å². The minimum Gasteiger partial charge on any atom is -0.393 e. The molecule has 9 atom stereocenters. The van der Waals surface area contributed by atoms with Crippen molar-refractivity contribution >= 4 is 16.2 Å². The zero-order valence-electron chi connectivity index (χ0n) is 22.2. The molecule has 4 rings (SSSR count). The van der Waals surface area contributed by atoms with Crippen molar-refractivity contribution in [1.29, 1.82) is 0 Å². The van der Waals surface area contributed by atoms with E-state index in [1.165, 1.54) is 0 Å². The molecule has 4 N–H and O–H groups in total. The number of hydrogen-bond acceptors (Lipinski definition) is 7. The molecule has 0 saturated heterocycles. The van der Waals surface area contributed by atoms with E-state index in [1.54, 1.807) is 6.92 Å². The summed E-state index contributed by atoms with van der Waals surface area (Å²) in [7, 11) is -4.58. The van der Waals surface area contributed by atoms with Gasteiger partial charge >= 0.3 is 10.4 Å². The van der Waals surface area contributed by atoms with E-state index in [4.69, 9.17) is 8.74 Å². The number of allylic oxidation sites excluding steroid dienone is 1. The highest BCUT2D eigenvalue weighted by molar-refractivity contribution is 7.80. The molecule has 9 unspecified atom stereocenters. The molecule has 0 aliphatic heterocycles. The van der Waals surface area contributed by atoms with Gasteiger partial charge in [0.25, 0.3) is 0 Å². The van der Waals surface area contributed by atoms with Crippen LogP contribution < -0.4 is 0 Å².